The van der Waals surface area contributed by atoms with Crippen LogP contribution >= 0.6 is 0 Å². The molecule has 26 heavy (non-hydrogen) atoms. The van der Waals surface area contributed by atoms with E-state index in [1.165, 1.54) is 0 Å². The number of halogens is 1. The van der Waals surface area contributed by atoms with Crippen molar-refractivity contribution in [3.63, 3.8) is 0 Å². The molecule has 0 spiro atoms. The highest BCUT2D eigenvalue weighted by molar-refractivity contribution is 7.86. The smallest absolute Gasteiger partial charge is 0.410 e. The fraction of sp³-hybridized carbons (Fsp3) is 0.588. The molecule has 0 radical (unpaired) electrons. The molecule has 0 bridgehead atoms. The van der Waals surface area contributed by atoms with Gasteiger partial charge in [-0.2, -0.15) is 8.42 Å². The van der Waals surface area contributed by atoms with E-state index in [1.807, 2.05) is 20.8 Å². The minimum absolute atomic E-state index is 0.203. The Morgan fingerprint density at radius 3 is 2.31 bits per heavy atom. The second-order valence-corrected chi connectivity index (χ2v) is 8.80. The molecule has 0 saturated carbocycles. The number of hydrogen-bond acceptors (Lipinski definition) is 6. The molecule has 0 aliphatic carbocycles. The van der Waals surface area contributed by atoms with E-state index >= 15 is 0 Å². The Hall–Kier alpha value is -1.87. The topological polar surface area (TPSA) is 92.9 Å². The standard InChI is InChI=1S/C17H26FN3O4S/c1-12-13(9-14(19)10-15(12)26(18,23)24)11-20-5-7-21(8-6-20)16(22)25-17(2,3)4/h9-10H,5-8,11,19H2,1-4H3. The summed E-state index contributed by atoms with van der Waals surface area (Å²) in [4.78, 5) is 15.4. The van der Waals surface area contributed by atoms with Crippen LogP contribution in [0.3, 0.4) is 0 Å². The highest BCUT2D eigenvalue weighted by atomic mass is 32.3. The van der Waals surface area contributed by atoms with Crippen molar-refractivity contribution in [1.82, 2.24) is 9.80 Å². The Bertz CT molecular complexity index is 782. The molecule has 1 fully saturated rings. The van der Waals surface area contributed by atoms with E-state index in [0.29, 0.717) is 43.9 Å². The van der Waals surface area contributed by atoms with Gasteiger partial charge in [-0.05, 0) is 51.0 Å². The number of amides is 1. The second-order valence-electron chi connectivity index (χ2n) is 7.48. The van der Waals surface area contributed by atoms with Crippen molar-refractivity contribution in [2.45, 2.75) is 44.7 Å². The Morgan fingerprint density at radius 1 is 1.23 bits per heavy atom. The first-order chi connectivity index (χ1) is 11.9. The van der Waals surface area contributed by atoms with E-state index in [9.17, 15) is 17.1 Å². The number of benzene rings is 1. The number of nitrogen functional groups attached to an aromatic ring is 1. The maximum absolute atomic E-state index is 13.4. The van der Waals surface area contributed by atoms with Crippen molar-refractivity contribution in [3.05, 3.63) is 23.3 Å². The largest absolute Gasteiger partial charge is 0.444 e. The zero-order chi connectivity index (χ0) is 19.7. The van der Waals surface area contributed by atoms with Gasteiger partial charge in [0.15, 0.2) is 0 Å². The van der Waals surface area contributed by atoms with Crippen LogP contribution in [0.15, 0.2) is 17.0 Å². The van der Waals surface area contributed by atoms with Crippen molar-refractivity contribution in [2.24, 2.45) is 0 Å². The number of ether oxygens (including phenoxy) is 1. The lowest BCUT2D eigenvalue weighted by Crippen LogP contribution is -2.49. The summed E-state index contributed by atoms with van der Waals surface area (Å²) in [5.41, 5.74) is 6.41. The number of piperazine rings is 1. The number of rotatable bonds is 3. The lowest BCUT2D eigenvalue weighted by Gasteiger charge is -2.35. The molecule has 0 atom stereocenters. The lowest BCUT2D eigenvalue weighted by molar-refractivity contribution is 0.0139. The molecule has 2 rings (SSSR count). The van der Waals surface area contributed by atoms with E-state index in [-0.39, 0.29) is 16.7 Å². The van der Waals surface area contributed by atoms with Gasteiger partial charge in [0, 0.05) is 38.4 Å². The van der Waals surface area contributed by atoms with Gasteiger partial charge < -0.3 is 15.4 Å². The zero-order valence-corrected chi connectivity index (χ0v) is 16.4. The predicted molar refractivity (Wildman–Crippen MR) is 97.0 cm³/mol. The summed E-state index contributed by atoms with van der Waals surface area (Å²) < 4.78 is 41.4. The summed E-state index contributed by atoms with van der Waals surface area (Å²) in [6.07, 6.45) is -0.344. The quantitative estimate of drug-likeness (QED) is 0.632. The van der Waals surface area contributed by atoms with Gasteiger partial charge in [-0.15, -0.1) is 3.89 Å². The van der Waals surface area contributed by atoms with Gasteiger partial charge in [0.05, 0.1) is 0 Å². The number of hydrogen-bond donors (Lipinski definition) is 1. The fourth-order valence-corrected chi connectivity index (χ4v) is 3.62. The van der Waals surface area contributed by atoms with Gasteiger partial charge in [-0.25, -0.2) is 4.79 Å². The molecule has 0 aromatic heterocycles. The van der Waals surface area contributed by atoms with Crippen molar-refractivity contribution in [3.8, 4) is 0 Å². The molecular formula is C17H26FN3O4S. The summed E-state index contributed by atoms with van der Waals surface area (Å²) in [5.74, 6) is 0. The number of anilines is 1. The van der Waals surface area contributed by atoms with Crippen LogP contribution < -0.4 is 5.73 Å². The molecule has 146 valence electrons. The third-order valence-corrected chi connectivity index (χ3v) is 5.12. The highest BCUT2D eigenvalue weighted by Gasteiger charge is 2.26. The molecule has 1 saturated heterocycles. The molecule has 0 unspecified atom stereocenters. The van der Waals surface area contributed by atoms with Crippen LogP contribution in [0.2, 0.25) is 0 Å². The maximum Gasteiger partial charge on any atom is 0.410 e. The van der Waals surface area contributed by atoms with E-state index in [0.717, 1.165) is 6.07 Å². The second kappa shape index (κ2) is 7.40. The zero-order valence-electron chi connectivity index (χ0n) is 15.6. The fourth-order valence-electron chi connectivity index (χ4n) is 2.84. The third kappa shape index (κ3) is 5.31. The van der Waals surface area contributed by atoms with Crippen LogP contribution in [0, 0.1) is 6.92 Å². The van der Waals surface area contributed by atoms with Gasteiger partial charge in [0.1, 0.15) is 10.5 Å². The Morgan fingerprint density at radius 2 is 1.81 bits per heavy atom. The maximum atomic E-state index is 13.4. The average molecular weight is 387 g/mol. The highest BCUT2D eigenvalue weighted by Crippen LogP contribution is 2.26. The van der Waals surface area contributed by atoms with Crippen LogP contribution in [0.5, 0.6) is 0 Å². The first-order valence-corrected chi connectivity index (χ1v) is 9.79. The number of carbonyl (C=O) groups excluding carboxylic acids is 1. The molecule has 9 heteroatoms. The summed E-state index contributed by atoms with van der Waals surface area (Å²) in [7, 11) is -4.82. The van der Waals surface area contributed by atoms with Gasteiger partial charge >= 0.3 is 16.3 Å². The molecule has 1 aliphatic heterocycles. The van der Waals surface area contributed by atoms with Crippen LogP contribution in [0.4, 0.5) is 14.4 Å². The number of nitrogens with zero attached hydrogens (tertiary/aromatic N) is 2. The molecular weight excluding hydrogens is 361 g/mol. The van der Waals surface area contributed by atoms with Gasteiger partial charge in [0.2, 0.25) is 0 Å². The number of carbonyl (C=O) groups is 1. The molecule has 1 aromatic rings. The molecule has 1 aromatic carbocycles. The van der Waals surface area contributed by atoms with E-state index in [4.69, 9.17) is 10.5 Å². The first kappa shape index (κ1) is 20.4. The monoisotopic (exact) mass is 387 g/mol. The van der Waals surface area contributed by atoms with Gasteiger partial charge in [0.25, 0.3) is 0 Å². The van der Waals surface area contributed by atoms with Crippen LogP contribution in [0.25, 0.3) is 0 Å². The summed E-state index contributed by atoms with van der Waals surface area (Å²) >= 11 is 0. The number of nitrogens with two attached hydrogens (primary N) is 1. The van der Waals surface area contributed by atoms with Crippen LogP contribution in [-0.4, -0.2) is 56.1 Å². The van der Waals surface area contributed by atoms with Crippen molar-refractivity contribution >= 4 is 22.0 Å². The normalized spacial score (nSPS) is 16.6. The summed E-state index contributed by atoms with van der Waals surface area (Å²) in [5, 5.41) is 0. The van der Waals surface area contributed by atoms with Crippen molar-refractivity contribution < 1.29 is 21.8 Å². The minimum Gasteiger partial charge on any atom is -0.444 e. The Balaban J connectivity index is 2.04. The van der Waals surface area contributed by atoms with E-state index in [1.54, 1.807) is 17.9 Å². The SMILES string of the molecule is Cc1c(CN2CCN(C(=O)OC(C)(C)C)CC2)cc(N)cc1S(=O)(=O)F. The van der Waals surface area contributed by atoms with Crippen LogP contribution in [0.1, 0.15) is 31.9 Å². The van der Waals surface area contributed by atoms with Crippen molar-refractivity contribution in [2.75, 3.05) is 31.9 Å². The molecule has 1 amide bonds. The molecule has 1 heterocycles. The van der Waals surface area contributed by atoms with Crippen molar-refractivity contribution in [1.29, 1.82) is 0 Å². The first-order valence-electron chi connectivity index (χ1n) is 8.41. The Kier molecular flexibility index (Phi) is 5.82. The average Bonchev–Trinajstić information content (AvgIpc) is 2.48. The van der Waals surface area contributed by atoms with Gasteiger partial charge in [-0.3, -0.25) is 4.90 Å². The molecule has 7 nitrogen and oxygen atoms in total. The lowest BCUT2D eigenvalue weighted by atomic mass is 10.1. The van der Waals surface area contributed by atoms with Gasteiger partial charge in [-0.1, -0.05) is 0 Å². The predicted octanol–water partition coefficient (Wildman–Crippen LogP) is 2.29. The molecule has 1 aliphatic rings. The minimum atomic E-state index is -4.82. The van der Waals surface area contributed by atoms with E-state index < -0.39 is 15.8 Å². The molecule has 2 N–H and O–H groups in total. The summed E-state index contributed by atoms with van der Waals surface area (Å²) in [6.45, 7) is 9.67. The van der Waals surface area contributed by atoms with E-state index in [2.05, 4.69) is 4.90 Å². The Labute approximate surface area is 154 Å². The summed E-state index contributed by atoms with van der Waals surface area (Å²) in [6, 6.07) is 2.79. The third-order valence-electron chi connectivity index (χ3n) is 4.17. The van der Waals surface area contributed by atoms with Crippen LogP contribution in [-0.2, 0) is 21.5 Å².